The number of amides is 1. The second-order valence-corrected chi connectivity index (χ2v) is 6.93. The third-order valence-electron chi connectivity index (χ3n) is 5.02. The van der Waals surface area contributed by atoms with Crippen LogP contribution in [0.2, 0.25) is 0 Å². The van der Waals surface area contributed by atoms with E-state index in [1.807, 2.05) is 12.1 Å². The second kappa shape index (κ2) is 9.99. The minimum atomic E-state index is -0.450. The molecule has 1 fully saturated rings. The summed E-state index contributed by atoms with van der Waals surface area (Å²) in [5.74, 6) is 0.617. The molecule has 0 saturated carbocycles. The number of ether oxygens (including phenoxy) is 2. The molecule has 2 aromatic carbocycles. The highest BCUT2D eigenvalue weighted by molar-refractivity contribution is 5.86. The van der Waals surface area contributed by atoms with Crippen molar-refractivity contribution in [3.63, 3.8) is 0 Å². The van der Waals surface area contributed by atoms with Gasteiger partial charge >= 0.3 is 6.09 Å². The molecule has 2 aromatic rings. The Labute approximate surface area is 167 Å². The van der Waals surface area contributed by atoms with Gasteiger partial charge in [-0.15, -0.1) is 0 Å². The fourth-order valence-electron chi connectivity index (χ4n) is 3.48. The lowest BCUT2D eigenvalue weighted by atomic mass is 10.1. The molecule has 6 nitrogen and oxygen atoms in total. The highest BCUT2D eigenvalue weighted by Crippen LogP contribution is 2.23. The molecule has 0 aromatic heterocycles. The first-order valence-corrected chi connectivity index (χ1v) is 9.77. The molecule has 3 rings (SSSR count). The van der Waals surface area contributed by atoms with Crippen LogP contribution in [0.5, 0.6) is 5.75 Å². The molecule has 1 aliphatic heterocycles. The molecule has 0 atom stereocenters. The van der Waals surface area contributed by atoms with E-state index in [1.54, 1.807) is 19.2 Å². The molecule has 150 valence electrons. The molecular formula is C22H29N3O3. The van der Waals surface area contributed by atoms with Crippen molar-refractivity contribution in [2.75, 3.05) is 56.7 Å². The molecule has 1 N–H and O–H groups in total. The van der Waals surface area contributed by atoms with Gasteiger partial charge in [0.25, 0.3) is 0 Å². The Kier molecular flexibility index (Phi) is 7.14. The molecule has 1 aliphatic rings. The molecule has 0 spiro atoms. The van der Waals surface area contributed by atoms with Gasteiger partial charge in [0.15, 0.2) is 0 Å². The molecule has 0 radical (unpaired) electrons. The summed E-state index contributed by atoms with van der Waals surface area (Å²) in [4.78, 5) is 16.8. The third-order valence-corrected chi connectivity index (χ3v) is 5.02. The maximum atomic E-state index is 12.0. The molecular weight excluding hydrogens is 354 g/mol. The van der Waals surface area contributed by atoms with E-state index in [9.17, 15) is 4.79 Å². The van der Waals surface area contributed by atoms with Crippen molar-refractivity contribution in [3.05, 3.63) is 54.1 Å². The Morgan fingerprint density at radius 3 is 2.50 bits per heavy atom. The zero-order chi connectivity index (χ0) is 19.8. The highest BCUT2D eigenvalue weighted by Gasteiger charge is 2.18. The van der Waals surface area contributed by atoms with E-state index < -0.39 is 6.09 Å². The third kappa shape index (κ3) is 5.39. The van der Waals surface area contributed by atoms with Gasteiger partial charge in [-0.05, 0) is 37.1 Å². The van der Waals surface area contributed by atoms with Crippen molar-refractivity contribution in [2.45, 2.75) is 13.3 Å². The van der Waals surface area contributed by atoms with Crippen LogP contribution in [0.3, 0.4) is 0 Å². The van der Waals surface area contributed by atoms with Crippen LogP contribution in [-0.4, -0.2) is 57.4 Å². The first-order chi connectivity index (χ1) is 13.7. The van der Waals surface area contributed by atoms with Gasteiger partial charge in [-0.25, -0.2) is 4.79 Å². The average molecular weight is 383 g/mol. The van der Waals surface area contributed by atoms with Crippen molar-refractivity contribution in [1.82, 2.24) is 4.90 Å². The van der Waals surface area contributed by atoms with Gasteiger partial charge < -0.3 is 14.4 Å². The van der Waals surface area contributed by atoms with E-state index in [0.29, 0.717) is 18.0 Å². The van der Waals surface area contributed by atoms with Crippen molar-refractivity contribution in [1.29, 1.82) is 0 Å². The van der Waals surface area contributed by atoms with Crippen molar-refractivity contribution in [3.8, 4) is 5.75 Å². The van der Waals surface area contributed by atoms with Gasteiger partial charge in [0.05, 0.1) is 19.4 Å². The molecule has 0 unspecified atom stereocenters. The summed E-state index contributed by atoms with van der Waals surface area (Å²) in [6.45, 7) is 7.61. The lowest BCUT2D eigenvalue weighted by Crippen LogP contribution is -2.47. The maximum Gasteiger partial charge on any atom is 0.411 e. The average Bonchev–Trinajstić information content (AvgIpc) is 2.72. The number of methoxy groups -OCH3 is 1. The summed E-state index contributed by atoms with van der Waals surface area (Å²) in [5.41, 5.74) is 3.27. The quantitative estimate of drug-likeness (QED) is 0.738. The van der Waals surface area contributed by atoms with Gasteiger partial charge in [0.2, 0.25) is 0 Å². The summed E-state index contributed by atoms with van der Waals surface area (Å²) < 4.78 is 10.5. The Bertz CT molecular complexity index is 773. The van der Waals surface area contributed by atoms with Gasteiger partial charge in [0.1, 0.15) is 5.75 Å². The van der Waals surface area contributed by atoms with Gasteiger partial charge in [-0.2, -0.15) is 0 Å². The Morgan fingerprint density at radius 2 is 1.75 bits per heavy atom. The first kappa shape index (κ1) is 20.0. The number of para-hydroxylation sites is 3. The van der Waals surface area contributed by atoms with Crippen LogP contribution in [0.1, 0.15) is 12.0 Å². The molecule has 1 amide bonds. The van der Waals surface area contributed by atoms with E-state index in [-0.39, 0.29) is 0 Å². The number of rotatable bonds is 7. The molecule has 28 heavy (non-hydrogen) atoms. The lowest BCUT2D eigenvalue weighted by Gasteiger charge is -2.36. The fourth-order valence-corrected chi connectivity index (χ4v) is 3.48. The second-order valence-electron chi connectivity index (χ2n) is 6.93. The van der Waals surface area contributed by atoms with E-state index in [0.717, 1.165) is 39.1 Å². The summed E-state index contributed by atoms with van der Waals surface area (Å²) >= 11 is 0. The van der Waals surface area contributed by atoms with E-state index in [1.165, 1.54) is 11.3 Å². The van der Waals surface area contributed by atoms with Crippen LogP contribution in [0.15, 0.2) is 48.5 Å². The van der Waals surface area contributed by atoms with Gasteiger partial charge in [-0.3, -0.25) is 10.2 Å². The van der Waals surface area contributed by atoms with Crippen molar-refractivity contribution < 1.29 is 14.3 Å². The highest BCUT2D eigenvalue weighted by atomic mass is 16.5. The van der Waals surface area contributed by atoms with Crippen molar-refractivity contribution in [2.24, 2.45) is 0 Å². The SMILES string of the molecule is COc1ccccc1NC(=O)OCCCN1CCN(c2ccccc2C)CC1. The van der Waals surface area contributed by atoms with Crippen LogP contribution >= 0.6 is 0 Å². The van der Waals surface area contributed by atoms with Gasteiger partial charge in [0, 0.05) is 38.4 Å². The summed E-state index contributed by atoms with van der Waals surface area (Å²) in [6, 6.07) is 15.8. The molecule has 6 heteroatoms. The number of anilines is 2. The predicted octanol–water partition coefficient (Wildman–Crippen LogP) is 3.76. The number of carbonyl (C=O) groups is 1. The Hall–Kier alpha value is -2.73. The largest absolute Gasteiger partial charge is 0.495 e. The topological polar surface area (TPSA) is 54.0 Å². The Balaban J connectivity index is 1.34. The van der Waals surface area contributed by atoms with E-state index in [2.05, 4.69) is 46.3 Å². The fraction of sp³-hybridized carbons (Fsp3) is 0.409. The number of hydrogen-bond donors (Lipinski definition) is 1. The number of nitrogens with one attached hydrogen (secondary N) is 1. The van der Waals surface area contributed by atoms with Crippen LogP contribution < -0.4 is 15.0 Å². The van der Waals surface area contributed by atoms with E-state index >= 15 is 0 Å². The normalized spacial score (nSPS) is 14.6. The monoisotopic (exact) mass is 383 g/mol. The van der Waals surface area contributed by atoms with Crippen LogP contribution in [0, 0.1) is 6.92 Å². The maximum absolute atomic E-state index is 12.0. The first-order valence-electron chi connectivity index (χ1n) is 9.77. The number of hydrogen-bond acceptors (Lipinski definition) is 5. The summed E-state index contributed by atoms with van der Waals surface area (Å²) in [7, 11) is 1.57. The number of carbonyl (C=O) groups excluding carboxylic acids is 1. The zero-order valence-electron chi connectivity index (χ0n) is 16.7. The van der Waals surface area contributed by atoms with E-state index in [4.69, 9.17) is 9.47 Å². The molecule has 1 heterocycles. The molecule has 0 aliphatic carbocycles. The van der Waals surface area contributed by atoms with Crippen LogP contribution in [0.4, 0.5) is 16.2 Å². The Morgan fingerprint density at radius 1 is 1.04 bits per heavy atom. The number of aryl methyl sites for hydroxylation is 1. The molecule has 0 bridgehead atoms. The minimum Gasteiger partial charge on any atom is -0.495 e. The van der Waals surface area contributed by atoms with Crippen molar-refractivity contribution >= 4 is 17.5 Å². The summed E-state index contributed by atoms with van der Waals surface area (Å²) in [5, 5.41) is 2.72. The summed E-state index contributed by atoms with van der Waals surface area (Å²) in [6.07, 6.45) is 0.373. The smallest absolute Gasteiger partial charge is 0.411 e. The standard InChI is InChI=1S/C22H29N3O3/c1-18-8-3-5-10-20(18)25-15-13-24(14-16-25)12-7-17-28-22(26)23-19-9-4-6-11-21(19)27-2/h3-6,8-11H,7,12-17H2,1-2H3,(H,23,26). The number of nitrogens with zero attached hydrogens (tertiary/aromatic N) is 2. The zero-order valence-corrected chi connectivity index (χ0v) is 16.7. The number of piperazine rings is 1. The molecule has 1 saturated heterocycles. The minimum absolute atomic E-state index is 0.402. The van der Waals surface area contributed by atoms with Crippen LogP contribution in [-0.2, 0) is 4.74 Å². The lowest BCUT2D eigenvalue weighted by molar-refractivity contribution is 0.151. The number of benzene rings is 2. The predicted molar refractivity (Wildman–Crippen MR) is 112 cm³/mol. The van der Waals surface area contributed by atoms with Crippen LogP contribution in [0.25, 0.3) is 0 Å². The van der Waals surface area contributed by atoms with Gasteiger partial charge in [-0.1, -0.05) is 30.3 Å².